The molecule has 1 saturated heterocycles. The molecule has 3 heterocycles. The molecule has 0 radical (unpaired) electrons. The Balaban J connectivity index is 1.91. The molecule has 4 rings (SSSR count). The molecule has 3 aromatic rings. The van der Waals surface area contributed by atoms with Gasteiger partial charge in [-0.2, -0.15) is 4.98 Å². The van der Waals surface area contributed by atoms with Crippen LogP contribution in [0.15, 0.2) is 24.3 Å². The lowest BCUT2D eigenvalue weighted by atomic mass is 9.99. The summed E-state index contributed by atoms with van der Waals surface area (Å²) in [5, 5.41) is 1.11. The van der Waals surface area contributed by atoms with Gasteiger partial charge in [0, 0.05) is 24.3 Å². The highest BCUT2D eigenvalue weighted by Crippen LogP contribution is 2.39. The van der Waals surface area contributed by atoms with Crippen molar-refractivity contribution < 1.29 is 4.74 Å². The van der Waals surface area contributed by atoms with Gasteiger partial charge in [0.05, 0.1) is 11.8 Å². The molecular formula is C20H23N3OS. The van der Waals surface area contributed by atoms with Crippen molar-refractivity contribution in [3.05, 3.63) is 35.5 Å². The number of rotatable bonds is 4. The van der Waals surface area contributed by atoms with E-state index in [9.17, 15) is 0 Å². The zero-order chi connectivity index (χ0) is 17.4. The maximum atomic E-state index is 5.31. The first-order valence-corrected chi connectivity index (χ1v) is 9.72. The number of pyridine rings is 1. The zero-order valence-corrected chi connectivity index (χ0v) is 15.8. The van der Waals surface area contributed by atoms with E-state index in [1.807, 2.05) is 12.1 Å². The van der Waals surface area contributed by atoms with Gasteiger partial charge < -0.3 is 9.64 Å². The molecule has 1 aromatic carbocycles. The van der Waals surface area contributed by atoms with Gasteiger partial charge in [0.15, 0.2) is 10.8 Å². The van der Waals surface area contributed by atoms with Crippen molar-refractivity contribution in [1.29, 1.82) is 0 Å². The molecule has 1 fully saturated rings. The van der Waals surface area contributed by atoms with E-state index in [0.29, 0.717) is 0 Å². The van der Waals surface area contributed by atoms with E-state index < -0.39 is 0 Å². The summed E-state index contributed by atoms with van der Waals surface area (Å²) in [6, 6.07) is 8.31. The number of ether oxygens (including phenoxy) is 1. The molecule has 1 aliphatic heterocycles. The van der Waals surface area contributed by atoms with E-state index in [0.717, 1.165) is 41.7 Å². The molecule has 0 N–H and O–H groups in total. The lowest BCUT2D eigenvalue weighted by Gasteiger charge is -2.12. The summed E-state index contributed by atoms with van der Waals surface area (Å²) < 4.78 is 6.51. The summed E-state index contributed by atoms with van der Waals surface area (Å²) in [5.41, 5.74) is 5.76. The van der Waals surface area contributed by atoms with Gasteiger partial charge in [0.25, 0.3) is 0 Å². The number of aryl methyl sites for hydroxylation is 1. The number of thiazole rings is 1. The third-order valence-corrected chi connectivity index (χ3v) is 6.09. The zero-order valence-electron chi connectivity index (χ0n) is 15.0. The van der Waals surface area contributed by atoms with Gasteiger partial charge >= 0.3 is 0 Å². The SMILES string of the molecule is CCc1nc2nc(N3CCCC3)sc2c(-c2ccc(OC)cc2)c1C. The van der Waals surface area contributed by atoms with Crippen LogP contribution < -0.4 is 9.64 Å². The lowest BCUT2D eigenvalue weighted by Crippen LogP contribution is -2.16. The number of fused-ring (bicyclic) bond motifs is 1. The average molecular weight is 353 g/mol. The molecule has 5 heteroatoms. The molecule has 130 valence electrons. The Kier molecular flexibility index (Phi) is 4.34. The van der Waals surface area contributed by atoms with Gasteiger partial charge in [-0.15, -0.1) is 0 Å². The Labute approximate surface area is 152 Å². The molecule has 0 aliphatic carbocycles. The summed E-state index contributed by atoms with van der Waals surface area (Å²) in [6.07, 6.45) is 3.43. The van der Waals surface area contributed by atoms with Crippen molar-refractivity contribution in [2.75, 3.05) is 25.1 Å². The fourth-order valence-electron chi connectivity index (χ4n) is 3.56. The number of nitrogens with zero attached hydrogens (tertiary/aromatic N) is 3. The molecule has 25 heavy (non-hydrogen) atoms. The summed E-state index contributed by atoms with van der Waals surface area (Å²) >= 11 is 1.78. The predicted molar refractivity (Wildman–Crippen MR) is 105 cm³/mol. The van der Waals surface area contributed by atoms with Crippen LogP contribution in [-0.2, 0) is 6.42 Å². The second kappa shape index (κ2) is 6.64. The molecule has 0 unspecified atom stereocenters. The molecule has 0 spiro atoms. The summed E-state index contributed by atoms with van der Waals surface area (Å²) in [4.78, 5) is 12.1. The van der Waals surface area contributed by atoms with Gasteiger partial charge in [0.2, 0.25) is 0 Å². The van der Waals surface area contributed by atoms with E-state index in [1.165, 1.54) is 34.2 Å². The largest absolute Gasteiger partial charge is 0.497 e. The summed E-state index contributed by atoms with van der Waals surface area (Å²) in [7, 11) is 1.70. The molecule has 0 atom stereocenters. The summed E-state index contributed by atoms with van der Waals surface area (Å²) in [5.74, 6) is 0.879. The topological polar surface area (TPSA) is 38.2 Å². The van der Waals surface area contributed by atoms with Crippen LogP contribution in [0.2, 0.25) is 0 Å². The highest BCUT2D eigenvalue weighted by Gasteiger charge is 2.21. The first-order valence-electron chi connectivity index (χ1n) is 8.90. The van der Waals surface area contributed by atoms with Crippen molar-refractivity contribution >= 4 is 26.8 Å². The Hall–Kier alpha value is -2.14. The number of hydrogen-bond acceptors (Lipinski definition) is 5. The van der Waals surface area contributed by atoms with Crippen LogP contribution in [0.1, 0.15) is 31.0 Å². The number of hydrogen-bond donors (Lipinski definition) is 0. The normalized spacial score (nSPS) is 14.4. The highest BCUT2D eigenvalue weighted by atomic mass is 32.1. The van der Waals surface area contributed by atoms with Gasteiger partial charge in [0.1, 0.15) is 5.75 Å². The highest BCUT2D eigenvalue weighted by molar-refractivity contribution is 7.22. The van der Waals surface area contributed by atoms with Crippen LogP contribution in [-0.4, -0.2) is 30.2 Å². The fourth-order valence-corrected chi connectivity index (χ4v) is 4.74. The second-order valence-electron chi connectivity index (χ2n) is 6.48. The van der Waals surface area contributed by atoms with Crippen LogP contribution in [0.4, 0.5) is 5.13 Å². The quantitative estimate of drug-likeness (QED) is 0.673. The number of methoxy groups -OCH3 is 1. The van der Waals surface area contributed by atoms with E-state index in [2.05, 4.69) is 30.9 Å². The number of anilines is 1. The minimum Gasteiger partial charge on any atom is -0.497 e. The Bertz CT molecular complexity index is 895. The number of benzene rings is 1. The minimum atomic E-state index is 0.879. The van der Waals surface area contributed by atoms with Crippen molar-refractivity contribution in [2.45, 2.75) is 33.1 Å². The maximum absolute atomic E-state index is 5.31. The van der Waals surface area contributed by atoms with E-state index in [4.69, 9.17) is 14.7 Å². The first kappa shape index (κ1) is 16.3. The van der Waals surface area contributed by atoms with Gasteiger partial charge in [-0.1, -0.05) is 30.4 Å². The van der Waals surface area contributed by atoms with E-state index in [1.54, 1.807) is 18.4 Å². The summed E-state index contributed by atoms with van der Waals surface area (Å²) in [6.45, 7) is 6.56. The molecule has 4 nitrogen and oxygen atoms in total. The van der Waals surface area contributed by atoms with E-state index >= 15 is 0 Å². The van der Waals surface area contributed by atoms with Crippen LogP contribution in [0.5, 0.6) is 5.75 Å². The van der Waals surface area contributed by atoms with E-state index in [-0.39, 0.29) is 0 Å². The molecular weight excluding hydrogens is 330 g/mol. The minimum absolute atomic E-state index is 0.879. The molecule has 0 amide bonds. The molecule has 0 saturated carbocycles. The van der Waals surface area contributed by atoms with Crippen molar-refractivity contribution in [1.82, 2.24) is 9.97 Å². The monoisotopic (exact) mass is 353 g/mol. The molecule has 0 bridgehead atoms. The van der Waals surface area contributed by atoms with Gasteiger partial charge in [-0.25, -0.2) is 4.98 Å². The van der Waals surface area contributed by atoms with Crippen molar-refractivity contribution in [3.63, 3.8) is 0 Å². The van der Waals surface area contributed by atoms with Crippen molar-refractivity contribution in [2.24, 2.45) is 0 Å². The van der Waals surface area contributed by atoms with Crippen LogP contribution >= 0.6 is 11.3 Å². The Morgan fingerprint density at radius 2 is 1.84 bits per heavy atom. The predicted octanol–water partition coefficient (Wildman–Crippen LogP) is 4.84. The first-order chi connectivity index (χ1) is 12.2. The lowest BCUT2D eigenvalue weighted by molar-refractivity contribution is 0.415. The third-order valence-electron chi connectivity index (χ3n) is 4.96. The fraction of sp³-hybridized carbons (Fsp3) is 0.400. The second-order valence-corrected chi connectivity index (χ2v) is 7.46. The number of aromatic nitrogens is 2. The van der Waals surface area contributed by atoms with Crippen LogP contribution in [0.25, 0.3) is 21.5 Å². The van der Waals surface area contributed by atoms with Crippen molar-refractivity contribution in [3.8, 4) is 16.9 Å². The van der Waals surface area contributed by atoms with Gasteiger partial charge in [-0.05, 0) is 49.4 Å². The third kappa shape index (κ3) is 2.86. The maximum Gasteiger partial charge on any atom is 0.188 e. The Morgan fingerprint density at radius 3 is 2.48 bits per heavy atom. The smallest absolute Gasteiger partial charge is 0.188 e. The van der Waals surface area contributed by atoms with Crippen LogP contribution in [0, 0.1) is 6.92 Å². The average Bonchev–Trinajstić information content (AvgIpc) is 3.30. The molecule has 1 aliphatic rings. The standard InChI is InChI=1S/C20H23N3OS/c1-4-16-13(2)17(14-7-9-15(24-3)10-8-14)18-19(21-16)22-20(25-18)23-11-5-6-12-23/h7-10H,4-6,11-12H2,1-3H3. The van der Waals surface area contributed by atoms with Gasteiger partial charge in [-0.3, -0.25) is 0 Å². The Morgan fingerprint density at radius 1 is 1.12 bits per heavy atom. The van der Waals surface area contributed by atoms with Crippen LogP contribution in [0.3, 0.4) is 0 Å². The molecule has 2 aromatic heterocycles.